The maximum atomic E-state index is 10.2. The van der Waals surface area contributed by atoms with Crippen LogP contribution >= 0.6 is 0 Å². The molecule has 0 atom stereocenters. The van der Waals surface area contributed by atoms with Gasteiger partial charge in [0.05, 0.1) is 5.97 Å². The van der Waals surface area contributed by atoms with E-state index in [4.69, 9.17) is 0 Å². The van der Waals surface area contributed by atoms with E-state index in [0.29, 0.717) is 25.9 Å². The van der Waals surface area contributed by atoms with Gasteiger partial charge in [-0.3, -0.25) is 4.90 Å². The van der Waals surface area contributed by atoms with Crippen molar-refractivity contribution in [1.29, 1.82) is 0 Å². The average Bonchev–Trinajstić information content (AvgIpc) is 2.02. The quantitative estimate of drug-likeness (QED) is 0.366. The van der Waals surface area contributed by atoms with Gasteiger partial charge in [-0.1, -0.05) is 6.92 Å². The Bertz CT molecular complexity index is 147. The molecule has 0 heterocycles. The number of hydrogen-bond donors (Lipinski definition) is 0. The largest absolute Gasteiger partial charge is 0.549 e. The van der Waals surface area contributed by atoms with Gasteiger partial charge in [0.2, 0.25) is 0 Å². The third kappa shape index (κ3) is 5.85. The van der Waals surface area contributed by atoms with Gasteiger partial charge in [-0.25, -0.2) is 0 Å². The maximum Gasteiger partial charge on any atom is 0.120 e. The molecule has 0 aromatic rings. The van der Waals surface area contributed by atoms with Crippen molar-refractivity contribution >= 4 is 12.3 Å². The van der Waals surface area contributed by atoms with Crippen LogP contribution in [0.25, 0.3) is 0 Å². The fourth-order valence-electron chi connectivity index (χ4n) is 0.930. The molecule has 0 aromatic heterocycles. The fourth-order valence-corrected chi connectivity index (χ4v) is 0.930. The number of carboxylic acid groups (broad SMARTS) is 1. The molecule has 0 radical (unpaired) electrons. The molecule has 0 amide bonds. The predicted molar refractivity (Wildman–Crippen MR) is 42.4 cm³/mol. The molecule has 0 saturated carbocycles. The summed E-state index contributed by atoms with van der Waals surface area (Å²) < 4.78 is 0. The molecule has 0 bridgehead atoms. The minimum Gasteiger partial charge on any atom is -0.549 e. The first-order valence-corrected chi connectivity index (χ1v) is 4.06. The molecule has 0 aromatic carbocycles. The molecule has 0 rings (SSSR count). The van der Waals surface area contributed by atoms with E-state index < -0.39 is 5.97 Å². The van der Waals surface area contributed by atoms with Crippen molar-refractivity contribution in [2.75, 3.05) is 19.6 Å². The topological polar surface area (TPSA) is 60.4 Å². The van der Waals surface area contributed by atoms with Crippen LogP contribution in [-0.2, 0) is 9.59 Å². The van der Waals surface area contributed by atoms with Crippen LogP contribution in [0.4, 0.5) is 0 Å². The molecule has 70 valence electrons. The zero-order valence-electron chi connectivity index (χ0n) is 7.28. The lowest BCUT2D eigenvalue weighted by Gasteiger charge is -2.19. The summed E-state index contributed by atoms with van der Waals surface area (Å²) in [6, 6.07) is 0. The molecule has 0 N–H and O–H groups in total. The van der Waals surface area contributed by atoms with Crippen molar-refractivity contribution in [3.05, 3.63) is 0 Å². The van der Waals surface area contributed by atoms with Gasteiger partial charge < -0.3 is 14.7 Å². The molecule has 0 spiro atoms. The van der Waals surface area contributed by atoms with E-state index in [1.807, 2.05) is 6.92 Å². The second kappa shape index (κ2) is 6.79. The van der Waals surface area contributed by atoms with E-state index in [9.17, 15) is 14.7 Å². The Hall–Kier alpha value is -0.900. The number of likely N-dealkylation sites (N-methyl/N-ethyl adjacent to an activating group) is 1. The summed E-state index contributed by atoms with van der Waals surface area (Å²) in [6.07, 6.45) is 2.04. The molecule has 12 heavy (non-hydrogen) atoms. The number of carbonyl (C=O) groups excluding carboxylic acids is 2. The van der Waals surface area contributed by atoms with Crippen LogP contribution in [0.2, 0.25) is 0 Å². The van der Waals surface area contributed by atoms with Crippen LogP contribution in [0.5, 0.6) is 0 Å². The molecule has 0 saturated heterocycles. The van der Waals surface area contributed by atoms with E-state index in [2.05, 4.69) is 0 Å². The van der Waals surface area contributed by atoms with Crippen molar-refractivity contribution in [2.24, 2.45) is 0 Å². The Kier molecular flexibility index (Phi) is 6.28. The number of aldehydes is 1. The first-order chi connectivity index (χ1) is 5.70. The molecular formula is C8H14NO3-. The lowest BCUT2D eigenvalue weighted by Crippen LogP contribution is -2.38. The van der Waals surface area contributed by atoms with Crippen molar-refractivity contribution in [2.45, 2.75) is 19.8 Å². The normalized spacial score (nSPS) is 10.2. The zero-order chi connectivity index (χ0) is 9.40. The van der Waals surface area contributed by atoms with Crippen LogP contribution < -0.4 is 5.11 Å². The minimum atomic E-state index is -1.07. The number of carboxylic acids is 1. The summed E-state index contributed by atoms with van der Waals surface area (Å²) in [5.74, 6) is -1.07. The average molecular weight is 172 g/mol. The molecule has 0 unspecified atom stereocenters. The van der Waals surface area contributed by atoms with Gasteiger partial charge in [-0.2, -0.15) is 0 Å². The zero-order valence-corrected chi connectivity index (χ0v) is 7.28. The molecule has 4 heteroatoms. The number of nitrogens with zero attached hydrogens (tertiary/aromatic N) is 1. The highest BCUT2D eigenvalue weighted by Gasteiger charge is 2.00. The Balaban J connectivity index is 3.52. The van der Waals surface area contributed by atoms with E-state index in [-0.39, 0.29) is 6.54 Å². The van der Waals surface area contributed by atoms with Crippen molar-refractivity contribution in [3.8, 4) is 0 Å². The monoisotopic (exact) mass is 172 g/mol. The number of hydrogen-bond acceptors (Lipinski definition) is 4. The summed E-state index contributed by atoms with van der Waals surface area (Å²) in [4.78, 5) is 21.9. The number of aliphatic carboxylic acids is 1. The summed E-state index contributed by atoms with van der Waals surface area (Å²) in [5.41, 5.74) is 0. The second-order valence-electron chi connectivity index (χ2n) is 2.55. The van der Waals surface area contributed by atoms with Gasteiger partial charge in [0.1, 0.15) is 6.29 Å². The lowest BCUT2D eigenvalue weighted by atomic mass is 10.3. The summed E-state index contributed by atoms with van der Waals surface area (Å²) in [5, 5.41) is 10.2. The number of carbonyl (C=O) groups is 2. The van der Waals surface area contributed by atoms with Gasteiger partial charge in [-0.15, -0.1) is 0 Å². The van der Waals surface area contributed by atoms with Crippen LogP contribution in [0, 0.1) is 0 Å². The second-order valence-corrected chi connectivity index (χ2v) is 2.55. The Morgan fingerprint density at radius 2 is 2.25 bits per heavy atom. The standard InChI is InChI=1S/C8H15NO3/c1-2-9(7-8(11)12)5-3-4-6-10/h6H,2-5,7H2,1H3,(H,11,12)/p-1. The molecular weight excluding hydrogens is 158 g/mol. The molecule has 0 fully saturated rings. The van der Waals surface area contributed by atoms with E-state index in [1.165, 1.54) is 0 Å². The smallest absolute Gasteiger partial charge is 0.120 e. The summed E-state index contributed by atoms with van der Waals surface area (Å²) in [7, 11) is 0. The summed E-state index contributed by atoms with van der Waals surface area (Å²) in [6.45, 7) is 3.15. The Morgan fingerprint density at radius 1 is 1.58 bits per heavy atom. The van der Waals surface area contributed by atoms with Gasteiger partial charge in [-0.05, 0) is 19.5 Å². The van der Waals surface area contributed by atoms with Crippen LogP contribution in [0.15, 0.2) is 0 Å². The van der Waals surface area contributed by atoms with Gasteiger partial charge in [0.15, 0.2) is 0 Å². The maximum absolute atomic E-state index is 10.2. The lowest BCUT2D eigenvalue weighted by molar-refractivity contribution is -0.306. The van der Waals surface area contributed by atoms with E-state index in [0.717, 1.165) is 6.29 Å². The molecule has 0 aliphatic heterocycles. The van der Waals surface area contributed by atoms with Crippen LogP contribution in [-0.4, -0.2) is 36.8 Å². The third-order valence-electron chi connectivity index (χ3n) is 1.60. The molecule has 0 aliphatic carbocycles. The SMILES string of the molecule is CCN(CCCC=O)CC(=O)[O-]. The van der Waals surface area contributed by atoms with Gasteiger partial charge in [0, 0.05) is 13.0 Å². The fraction of sp³-hybridized carbons (Fsp3) is 0.750. The Morgan fingerprint density at radius 3 is 2.67 bits per heavy atom. The minimum absolute atomic E-state index is 0.0463. The highest BCUT2D eigenvalue weighted by molar-refractivity contribution is 5.66. The highest BCUT2D eigenvalue weighted by Crippen LogP contribution is 1.92. The van der Waals surface area contributed by atoms with Crippen LogP contribution in [0.1, 0.15) is 19.8 Å². The Labute approximate surface area is 72.2 Å². The number of rotatable bonds is 7. The molecule has 4 nitrogen and oxygen atoms in total. The first-order valence-electron chi connectivity index (χ1n) is 4.06. The van der Waals surface area contributed by atoms with Crippen molar-refractivity contribution in [1.82, 2.24) is 4.90 Å². The van der Waals surface area contributed by atoms with Crippen LogP contribution in [0.3, 0.4) is 0 Å². The summed E-state index contributed by atoms with van der Waals surface area (Å²) >= 11 is 0. The van der Waals surface area contributed by atoms with Crippen molar-refractivity contribution in [3.63, 3.8) is 0 Å². The predicted octanol–water partition coefficient (Wildman–Crippen LogP) is -0.963. The van der Waals surface area contributed by atoms with Gasteiger partial charge in [0.25, 0.3) is 0 Å². The third-order valence-corrected chi connectivity index (χ3v) is 1.60. The highest BCUT2D eigenvalue weighted by atomic mass is 16.4. The molecule has 0 aliphatic rings. The van der Waals surface area contributed by atoms with Crippen molar-refractivity contribution < 1.29 is 14.7 Å². The first kappa shape index (κ1) is 11.1. The number of unbranched alkanes of at least 4 members (excludes halogenated alkanes) is 1. The van der Waals surface area contributed by atoms with E-state index in [1.54, 1.807) is 4.90 Å². The van der Waals surface area contributed by atoms with Gasteiger partial charge >= 0.3 is 0 Å². The van der Waals surface area contributed by atoms with E-state index >= 15 is 0 Å².